The first kappa shape index (κ1) is 24.2. The normalized spacial score (nSPS) is 20.0. The number of carbonyl (C=O) groups is 1. The summed E-state index contributed by atoms with van der Waals surface area (Å²) in [5.74, 6) is 0.988. The molecule has 8 nitrogen and oxygen atoms in total. The van der Waals surface area contributed by atoms with Crippen molar-refractivity contribution in [3.8, 4) is 23.3 Å². The molecule has 1 aliphatic heterocycles. The minimum Gasteiger partial charge on any atom is -0.493 e. The van der Waals surface area contributed by atoms with Crippen LogP contribution in [0.4, 0.5) is 0 Å². The highest BCUT2D eigenvalue weighted by atomic mass is 16.5. The number of allylic oxidation sites excluding steroid dienone is 3. The number of Topliss-reactive ketones (excluding diaryl/α,β-unsaturated/α-hetero) is 1. The molecule has 182 valence electrons. The van der Waals surface area contributed by atoms with Gasteiger partial charge in [-0.05, 0) is 35.6 Å². The number of ether oxygens (including phenoxy) is 3. The minimum atomic E-state index is -0.649. The Kier molecular flexibility index (Phi) is 6.72. The Labute approximate surface area is 205 Å². The Balaban J connectivity index is 1.94. The molecule has 1 heterocycles. The lowest BCUT2D eigenvalue weighted by atomic mass is 9.72. The lowest BCUT2D eigenvalue weighted by Crippen LogP contribution is -2.46. The fourth-order valence-corrected chi connectivity index (χ4v) is 5.13. The van der Waals surface area contributed by atoms with Crippen LogP contribution in [0.1, 0.15) is 35.8 Å². The molecule has 1 aliphatic carbocycles. The monoisotopic (exact) mass is 474 g/mol. The maximum atomic E-state index is 13.8. The fraction of sp³-hybridized carbons (Fsp3) is 0.333. The van der Waals surface area contributed by atoms with Crippen LogP contribution in [-0.2, 0) is 4.79 Å². The third kappa shape index (κ3) is 4.08. The Morgan fingerprint density at radius 2 is 1.63 bits per heavy atom. The third-order valence-corrected chi connectivity index (χ3v) is 6.63. The molecule has 0 bridgehead atoms. The summed E-state index contributed by atoms with van der Waals surface area (Å²) < 4.78 is 16.6. The van der Waals surface area contributed by atoms with E-state index in [4.69, 9.17) is 19.9 Å². The average Bonchev–Trinajstić information content (AvgIpc) is 2.87. The molecule has 2 aliphatic rings. The van der Waals surface area contributed by atoms with E-state index in [0.29, 0.717) is 52.6 Å². The Morgan fingerprint density at radius 3 is 2.14 bits per heavy atom. The Hall–Kier alpha value is -3.96. The summed E-state index contributed by atoms with van der Waals surface area (Å²) in [6.45, 7) is 0. The lowest BCUT2D eigenvalue weighted by Gasteiger charge is -2.44. The van der Waals surface area contributed by atoms with Crippen LogP contribution in [0, 0.1) is 11.3 Å². The molecule has 2 atom stereocenters. The van der Waals surface area contributed by atoms with Gasteiger partial charge in [0.1, 0.15) is 5.82 Å². The molecular formula is C27H30N4O4. The van der Waals surface area contributed by atoms with Crippen molar-refractivity contribution in [2.45, 2.75) is 24.7 Å². The molecular weight excluding hydrogens is 444 g/mol. The van der Waals surface area contributed by atoms with Gasteiger partial charge < -0.3 is 19.9 Å². The standard InChI is InChI=1S/C27H30N4O4/c1-30(2)31-20-11-17(16-9-7-6-8-10-16)12-21(32)25(20)24(19(15-28)27(31)29)18-13-22(33-3)26(35-5)23(14-18)34-4/h6-10,13-14,17,24H,11-12,29H2,1-5H3/t17-,24-/m0/s1. The number of hydrogen-bond donors (Lipinski definition) is 1. The van der Waals surface area contributed by atoms with Crippen molar-refractivity contribution in [3.63, 3.8) is 0 Å². The summed E-state index contributed by atoms with van der Waals surface area (Å²) in [5.41, 5.74) is 10.1. The van der Waals surface area contributed by atoms with E-state index in [-0.39, 0.29) is 11.7 Å². The summed E-state index contributed by atoms with van der Waals surface area (Å²) >= 11 is 0. The van der Waals surface area contributed by atoms with E-state index in [2.05, 4.69) is 6.07 Å². The van der Waals surface area contributed by atoms with Crippen molar-refractivity contribution in [2.75, 3.05) is 35.4 Å². The molecule has 2 aromatic rings. The number of hydrazine groups is 1. The van der Waals surface area contributed by atoms with E-state index >= 15 is 0 Å². The molecule has 35 heavy (non-hydrogen) atoms. The number of hydrogen-bond acceptors (Lipinski definition) is 8. The predicted octanol–water partition coefficient (Wildman–Crippen LogP) is 3.68. The lowest BCUT2D eigenvalue weighted by molar-refractivity contribution is -0.117. The number of nitrogens with zero attached hydrogens (tertiary/aromatic N) is 3. The van der Waals surface area contributed by atoms with Gasteiger partial charge in [0.15, 0.2) is 17.3 Å². The van der Waals surface area contributed by atoms with Crippen molar-refractivity contribution >= 4 is 5.78 Å². The van der Waals surface area contributed by atoms with Gasteiger partial charge in [0.25, 0.3) is 0 Å². The zero-order valence-electron chi connectivity index (χ0n) is 20.7. The molecule has 0 unspecified atom stereocenters. The van der Waals surface area contributed by atoms with E-state index in [1.165, 1.54) is 21.3 Å². The van der Waals surface area contributed by atoms with Gasteiger partial charge >= 0.3 is 0 Å². The van der Waals surface area contributed by atoms with Crippen molar-refractivity contribution in [3.05, 3.63) is 76.3 Å². The van der Waals surface area contributed by atoms with Gasteiger partial charge in [-0.15, -0.1) is 0 Å². The number of carbonyl (C=O) groups excluding carboxylic acids is 1. The van der Waals surface area contributed by atoms with E-state index in [1.54, 1.807) is 17.1 Å². The van der Waals surface area contributed by atoms with Gasteiger partial charge in [-0.2, -0.15) is 5.26 Å². The number of nitrogens with two attached hydrogens (primary N) is 1. The van der Waals surface area contributed by atoms with E-state index in [9.17, 15) is 10.1 Å². The van der Waals surface area contributed by atoms with E-state index < -0.39 is 5.92 Å². The molecule has 0 aromatic heterocycles. The molecule has 2 aromatic carbocycles. The molecule has 0 fully saturated rings. The van der Waals surface area contributed by atoms with Gasteiger partial charge in [-0.25, -0.2) is 5.01 Å². The molecule has 0 amide bonds. The second-order valence-electron chi connectivity index (χ2n) is 8.76. The summed E-state index contributed by atoms with van der Waals surface area (Å²) in [4.78, 5) is 13.8. The third-order valence-electron chi connectivity index (χ3n) is 6.63. The van der Waals surface area contributed by atoms with Crippen LogP contribution in [0.3, 0.4) is 0 Å². The zero-order chi connectivity index (χ0) is 25.3. The highest BCUT2D eigenvalue weighted by Gasteiger charge is 2.43. The van der Waals surface area contributed by atoms with Crippen LogP contribution in [-0.4, -0.2) is 51.2 Å². The molecule has 0 spiro atoms. The summed E-state index contributed by atoms with van der Waals surface area (Å²) in [6, 6.07) is 15.9. The number of methoxy groups -OCH3 is 3. The average molecular weight is 475 g/mol. The second kappa shape index (κ2) is 9.72. The van der Waals surface area contributed by atoms with Crippen molar-refractivity contribution in [1.82, 2.24) is 10.0 Å². The largest absolute Gasteiger partial charge is 0.493 e. The second-order valence-corrected chi connectivity index (χ2v) is 8.76. The van der Waals surface area contributed by atoms with Crippen molar-refractivity contribution < 1.29 is 19.0 Å². The van der Waals surface area contributed by atoms with Crippen molar-refractivity contribution in [1.29, 1.82) is 5.26 Å². The maximum Gasteiger partial charge on any atom is 0.203 e. The summed E-state index contributed by atoms with van der Waals surface area (Å²) in [5, 5.41) is 13.8. The SMILES string of the molecule is COc1cc([C@H]2C(C#N)=C(N)N(N(C)C)C3=C2C(=O)C[C@@H](c2ccccc2)C3)cc(OC)c1OC. The topological polar surface area (TPSA) is 101 Å². The predicted molar refractivity (Wildman–Crippen MR) is 132 cm³/mol. The van der Waals surface area contributed by atoms with Crippen LogP contribution in [0.25, 0.3) is 0 Å². The molecule has 0 saturated heterocycles. The Morgan fingerprint density at radius 1 is 1.00 bits per heavy atom. The fourth-order valence-electron chi connectivity index (χ4n) is 5.13. The van der Waals surface area contributed by atoms with E-state index in [1.807, 2.05) is 49.4 Å². The molecule has 2 N–H and O–H groups in total. The van der Waals surface area contributed by atoms with Crippen LogP contribution >= 0.6 is 0 Å². The summed E-state index contributed by atoms with van der Waals surface area (Å²) in [6.07, 6.45) is 0.966. The van der Waals surface area contributed by atoms with Crippen LogP contribution in [0.15, 0.2) is 65.1 Å². The smallest absolute Gasteiger partial charge is 0.203 e. The van der Waals surface area contributed by atoms with Gasteiger partial charge in [0, 0.05) is 31.8 Å². The zero-order valence-corrected chi connectivity index (χ0v) is 20.7. The number of nitriles is 1. The quantitative estimate of drug-likeness (QED) is 0.677. The van der Waals surface area contributed by atoms with Crippen LogP contribution in [0.5, 0.6) is 17.2 Å². The number of benzene rings is 2. The number of rotatable bonds is 6. The molecule has 4 rings (SSSR count). The van der Waals surface area contributed by atoms with Crippen LogP contribution < -0.4 is 19.9 Å². The first-order valence-electron chi connectivity index (χ1n) is 11.3. The van der Waals surface area contributed by atoms with Crippen molar-refractivity contribution in [2.24, 2.45) is 5.73 Å². The van der Waals surface area contributed by atoms with Gasteiger partial charge in [-0.1, -0.05) is 30.3 Å². The van der Waals surface area contributed by atoms with Gasteiger partial charge in [-0.3, -0.25) is 9.80 Å². The molecule has 0 radical (unpaired) electrons. The summed E-state index contributed by atoms with van der Waals surface area (Å²) in [7, 11) is 8.30. The van der Waals surface area contributed by atoms with Crippen LogP contribution in [0.2, 0.25) is 0 Å². The first-order valence-corrected chi connectivity index (χ1v) is 11.3. The van der Waals surface area contributed by atoms with Gasteiger partial charge in [0.05, 0.1) is 38.9 Å². The Bertz CT molecular complexity index is 1220. The van der Waals surface area contributed by atoms with E-state index in [0.717, 1.165) is 11.3 Å². The maximum absolute atomic E-state index is 13.8. The minimum absolute atomic E-state index is 0.00838. The number of ketones is 1. The highest BCUT2D eigenvalue weighted by molar-refractivity contribution is 6.00. The first-order chi connectivity index (χ1) is 16.9. The highest BCUT2D eigenvalue weighted by Crippen LogP contribution is 2.50. The molecule has 8 heteroatoms. The van der Waals surface area contributed by atoms with Gasteiger partial charge in [0.2, 0.25) is 5.75 Å². The molecule has 0 saturated carbocycles.